The molecule has 0 spiro atoms. The van der Waals surface area contributed by atoms with Gasteiger partial charge in [0.05, 0.1) is 22.6 Å². The summed E-state index contributed by atoms with van der Waals surface area (Å²) in [6.07, 6.45) is 1.90. The predicted octanol–water partition coefficient (Wildman–Crippen LogP) is 4.76. The number of fused-ring (bicyclic) bond motifs is 1. The number of carbonyl (C=O) groups is 1. The molecule has 0 amide bonds. The Morgan fingerprint density at radius 3 is 2.58 bits per heavy atom. The van der Waals surface area contributed by atoms with Crippen LogP contribution in [0.4, 0.5) is 0 Å². The van der Waals surface area contributed by atoms with Crippen LogP contribution in [0, 0.1) is 0 Å². The van der Waals surface area contributed by atoms with Gasteiger partial charge in [-0.2, -0.15) is 5.10 Å². The largest absolute Gasteiger partial charge is 0.465 e. The third-order valence-corrected chi connectivity index (χ3v) is 6.27. The first kappa shape index (κ1) is 17.2. The minimum Gasteiger partial charge on any atom is -0.465 e. The van der Waals surface area contributed by atoms with Crippen LogP contribution in [0.2, 0.25) is 0 Å². The molecular weight excluding hydrogens is 436 g/mol. The van der Waals surface area contributed by atoms with Gasteiger partial charge < -0.3 is 4.74 Å². The van der Waals surface area contributed by atoms with Gasteiger partial charge in [-0.1, -0.05) is 68.3 Å². The predicted molar refractivity (Wildman–Crippen MR) is 102 cm³/mol. The van der Waals surface area contributed by atoms with E-state index >= 15 is 0 Å². The number of halogens is 2. The zero-order valence-corrected chi connectivity index (χ0v) is 16.2. The highest BCUT2D eigenvalue weighted by molar-refractivity contribution is 9.12. The number of hydrogen-bond acceptors (Lipinski definition) is 3. The molecule has 0 fully saturated rings. The second kappa shape index (κ2) is 7.49. The quantitative estimate of drug-likeness (QED) is 0.414. The van der Waals surface area contributed by atoms with Gasteiger partial charge >= 0.3 is 5.97 Å². The van der Waals surface area contributed by atoms with E-state index < -0.39 is 4.83 Å². The van der Waals surface area contributed by atoms with Gasteiger partial charge in [-0.15, -0.1) is 0 Å². The summed E-state index contributed by atoms with van der Waals surface area (Å²) in [5.74, 6) is -0.298. The highest BCUT2D eigenvalue weighted by Crippen LogP contribution is 2.40. The number of nitrogens with zero attached hydrogens (tertiary/aromatic N) is 2. The van der Waals surface area contributed by atoms with Crippen LogP contribution in [0.15, 0.2) is 54.7 Å². The molecule has 3 rings (SSSR count). The molecule has 0 radical (unpaired) electrons. The summed E-state index contributed by atoms with van der Waals surface area (Å²) in [5.41, 5.74) is 3.75. The molecule has 4 nitrogen and oxygen atoms in total. The number of rotatable bonds is 5. The Hall–Kier alpha value is -1.66. The summed E-state index contributed by atoms with van der Waals surface area (Å²) in [6, 6.07) is 15.8. The van der Waals surface area contributed by atoms with Crippen molar-refractivity contribution >= 4 is 43.3 Å². The smallest absolute Gasteiger partial charge is 0.321 e. The van der Waals surface area contributed by atoms with Crippen molar-refractivity contribution in [1.82, 2.24) is 9.61 Å². The molecule has 0 bridgehead atoms. The van der Waals surface area contributed by atoms with Crippen molar-refractivity contribution in [3.8, 4) is 11.3 Å². The molecule has 0 aliphatic rings. The van der Waals surface area contributed by atoms with Crippen molar-refractivity contribution in [2.75, 3.05) is 6.61 Å². The van der Waals surface area contributed by atoms with Gasteiger partial charge in [0.15, 0.2) is 0 Å². The normalized spacial score (nSPS) is 13.6. The lowest BCUT2D eigenvalue weighted by Crippen LogP contribution is -2.22. The first-order chi connectivity index (χ1) is 11.6. The summed E-state index contributed by atoms with van der Waals surface area (Å²) in [4.78, 5) is 11.4. The summed E-state index contributed by atoms with van der Waals surface area (Å²) in [7, 11) is 0. The Bertz CT molecular complexity index is 849. The van der Waals surface area contributed by atoms with Gasteiger partial charge in [-0.3, -0.25) is 4.79 Å². The summed E-state index contributed by atoms with van der Waals surface area (Å²) in [6.45, 7) is 2.15. The Labute approximate surface area is 157 Å². The van der Waals surface area contributed by atoms with Crippen molar-refractivity contribution in [2.45, 2.75) is 16.6 Å². The van der Waals surface area contributed by atoms with E-state index in [4.69, 9.17) is 9.84 Å². The van der Waals surface area contributed by atoms with Gasteiger partial charge in [0.1, 0.15) is 4.83 Å². The summed E-state index contributed by atoms with van der Waals surface area (Å²) in [5, 5.41) is 4.71. The third-order valence-electron chi connectivity index (χ3n) is 3.67. The Morgan fingerprint density at radius 2 is 1.88 bits per heavy atom. The molecule has 1 aromatic carbocycles. The van der Waals surface area contributed by atoms with Gasteiger partial charge in [0.2, 0.25) is 0 Å². The van der Waals surface area contributed by atoms with E-state index in [2.05, 4.69) is 31.9 Å². The lowest BCUT2D eigenvalue weighted by molar-refractivity contribution is -0.142. The number of esters is 1. The van der Waals surface area contributed by atoms with E-state index in [9.17, 15) is 4.79 Å². The Kier molecular flexibility index (Phi) is 5.36. The lowest BCUT2D eigenvalue weighted by Gasteiger charge is -2.16. The molecule has 0 saturated carbocycles. The van der Waals surface area contributed by atoms with Crippen molar-refractivity contribution in [1.29, 1.82) is 0 Å². The maximum atomic E-state index is 12.1. The lowest BCUT2D eigenvalue weighted by atomic mass is 10.0. The monoisotopic (exact) mass is 450 g/mol. The minimum absolute atomic E-state index is 0.272. The molecule has 24 heavy (non-hydrogen) atoms. The van der Waals surface area contributed by atoms with E-state index in [-0.39, 0.29) is 10.8 Å². The van der Waals surface area contributed by atoms with Gasteiger partial charge in [-0.05, 0) is 19.1 Å². The van der Waals surface area contributed by atoms with Gasteiger partial charge in [0.25, 0.3) is 0 Å². The Balaban J connectivity index is 2.13. The maximum absolute atomic E-state index is 12.1. The van der Waals surface area contributed by atoms with E-state index in [1.807, 2.05) is 59.2 Å². The van der Waals surface area contributed by atoms with Crippen LogP contribution in [0.5, 0.6) is 0 Å². The Morgan fingerprint density at radius 1 is 1.17 bits per heavy atom. The number of aromatic nitrogens is 2. The van der Waals surface area contributed by atoms with Crippen molar-refractivity contribution in [3.05, 3.63) is 60.3 Å². The SMILES string of the molecule is CCOC(=O)C(Br)C(Br)c1c(-c2ccccc2)nn2ccccc12. The number of hydrogen-bond donors (Lipinski definition) is 0. The van der Waals surface area contributed by atoms with Crippen molar-refractivity contribution in [3.63, 3.8) is 0 Å². The van der Waals surface area contributed by atoms with Crippen LogP contribution < -0.4 is 0 Å². The maximum Gasteiger partial charge on any atom is 0.321 e. The second-order valence-electron chi connectivity index (χ2n) is 5.21. The van der Waals surface area contributed by atoms with Crippen LogP contribution >= 0.6 is 31.9 Å². The van der Waals surface area contributed by atoms with E-state index in [1.54, 1.807) is 6.92 Å². The molecule has 2 heterocycles. The number of pyridine rings is 1. The molecule has 0 N–H and O–H groups in total. The highest BCUT2D eigenvalue weighted by Gasteiger charge is 2.31. The van der Waals surface area contributed by atoms with Crippen LogP contribution in [-0.2, 0) is 9.53 Å². The molecule has 124 valence electrons. The molecule has 0 aliphatic carbocycles. The van der Waals surface area contributed by atoms with E-state index in [1.165, 1.54) is 0 Å². The van der Waals surface area contributed by atoms with E-state index in [0.29, 0.717) is 6.61 Å². The van der Waals surface area contributed by atoms with Gasteiger partial charge in [0, 0.05) is 17.3 Å². The molecule has 0 saturated heterocycles. The van der Waals surface area contributed by atoms with Gasteiger partial charge in [-0.25, -0.2) is 4.52 Å². The first-order valence-corrected chi connectivity index (χ1v) is 9.44. The molecule has 6 heteroatoms. The fourth-order valence-electron chi connectivity index (χ4n) is 2.59. The average molecular weight is 452 g/mol. The zero-order valence-electron chi connectivity index (χ0n) is 13.0. The third kappa shape index (κ3) is 3.26. The fraction of sp³-hybridized carbons (Fsp3) is 0.222. The average Bonchev–Trinajstić information content (AvgIpc) is 3.01. The molecule has 2 aromatic heterocycles. The zero-order chi connectivity index (χ0) is 17.1. The molecule has 2 atom stereocenters. The van der Waals surface area contributed by atoms with Crippen LogP contribution in [0.3, 0.4) is 0 Å². The number of carbonyl (C=O) groups excluding carboxylic acids is 1. The molecule has 3 aromatic rings. The molecule has 0 aliphatic heterocycles. The topological polar surface area (TPSA) is 43.6 Å². The summed E-state index contributed by atoms with van der Waals surface area (Å²) >= 11 is 7.13. The fourth-order valence-corrected chi connectivity index (χ4v) is 3.65. The van der Waals surface area contributed by atoms with Crippen LogP contribution in [0.1, 0.15) is 17.3 Å². The minimum atomic E-state index is -0.506. The van der Waals surface area contributed by atoms with Crippen LogP contribution in [0.25, 0.3) is 16.8 Å². The summed E-state index contributed by atoms with van der Waals surface area (Å²) < 4.78 is 6.97. The van der Waals surface area contributed by atoms with Crippen molar-refractivity contribution in [2.24, 2.45) is 0 Å². The number of alkyl halides is 2. The van der Waals surface area contributed by atoms with Crippen LogP contribution in [-0.4, -0.2) is 27.0 Å². The highest BCUT2D eigenvalue weighted by atomic mass is 79.9. The second-order valence-corrected chi connectivity index (χ2v) is 7.19. The number of benzene rings is 1. The number of ether oxygens (including phenoxy) is 1. The standard InChI is InChI=1S/C18H16Br2N2O2/c1-2-24-18(23)16(20)15(19)14-13-10-6-7-11-22(13)21-17(14)12-8-4-3-5-9-12/h3-11,15-16H,2H2,1H3. The first-order valence-electron chi connectivity index (χ1n) is 7.61. The van der Waals surface area contributed by atoms with Crippen molar-refractivity contribution < 1.29 is 9.53 Å². The molecular formula is C18H16Br2N2O2. The molecule has 2 unspecified atom stereocenters. The van der Waals surface area contributed by atoms with E-state index in [0.717, 1.165) is 22.3 Å².